The van der Waals surface area contributed by atoms with E-state index in [9.17, 15) is 4.79 Å². The number of nitrogen functional groups attached to an aromatic ring is 1. The number of rotatable bonds is 5. The van der Waals surface area contributed by atoms with Crippen LogP contribution in [-0.4, -0.2) is 23.0 Å². The fourth-order valence-electron chi connectivity index (χ4n) is 3.33. The molecule has 4 aromatic rings. The number of hydrogen-bond donors (Lipinski definition) is 1. The second-order valence-electron chi connectivity index (χ2n) is 6.92. The Balaban J connectivity index is 0.00000141. The average molecular weight is 430 g/mol. The molecule has 0 spiro atoms. The Morgan fingerprint density at radius 3 is 2.34 bits per heavy atom. The molecular weight excluding hydrogens is 402 g/mol. The molecule has 2 aromatic carbocycles. The Morgan fingerprint density at radius 2 is 1.69 bits per heavy atom. The number of carbonyl (C=O) groups excluding carboxylic acids is 1. The van der Waals surface area contributed by atoms with E-state index >= 15 is 0 Å². The molecule has 0 saturated heterocycles. The molecule has 32 heavy (non-hydrogen) atoms. The van der Waals surface area contributed by atoms with Crippen LogP contribution >= 0.6 is 0 Å². The minimum atomic E-state index is -0.618. The van der Waals surface area contributed by atoms with Crippen molar-refractivity contribution >= 4 is 22.6 Å². The summed E-state index contributed by atoms with van der Waals surface area (Å²) in [4.78, 5) is 21.1. The highest BCUT2D eigenvalue weighted by Gasteiger charge is 2.23. The van der Waals surface area contributed by atoms with Gasteiger partial charge in [-0.15, -0.1) is 0 Å². The third kappa shape index (κ3) is 4.70. The summed E-state index contributed by atoms with van der Waals surface area (Å²) in [6, 6.07) is 17.7. The molecule has 4 rings (SSSR count). The van der Waals surface area contributed by atoms with Crippen molar-refractivity contribution in [2.45, 2.75) is 27.4 Å². The number of nitrogens with zero attached hydrogens (tertiary/aromatic N) is 2. The van der Waals surface area contributed by atoms with Gasteiger partial charge in [0.1, 0.15) is 12.4 Å². The van der Waals surface area contributed by atoms with Gasteiger partial charge in [0.15, 0.2) is 11.4 Å². The molecule has 0 saturated carbocycles. The summed E-state index contributed by atoms with van der Waals surface area (Å²) in [6.45, 7) is 6.29. The lowest BCUT2D eigenvalue weighted by Gasteiger charge is -2.16. The molecule has 0 radical (unpaired) electrons. The van der Waals surface area contributed by atoms with Gasteiger partial charge in [-0.2, -0.15) is 0 Å². The molecule has 6 nitrogen and oxygen atoms in total. The summed E-state index contributed by atoms with van der Waals surface area (Å²) in [5, 5.41) is 1.29. The van der Waals surface area contributed by atoms with Crippen molar-refractivity contribution in [2.75, 3.05) is 12.8 Å². The van der Waals surface area contributed by atoms with Crippen LogP contribution in [0.4, 0.5) is 5.82 Å². The number of aryl methyl sites for hydroxylation is 1. The van der Waals surface area contributed by atoms with Crippen molar-refractivity contribution in [1.82, 2.24) is 9.97 Å². The Bertz CT molecular complexity index is 1210. The topological polar surface area (TPSA) is 87.3 Å². The summed E-state index contributed by atoms with van der Waals surface area (Å²) >= 11 is 0. The van der Waals surface area contributed by atoms with Crippen LogP contribution in [0.25, 0.3) is 21.9 Å². The smallest absolute Gasteiger partial charge is 0.360 e. The molecule has 0 atom stereocenters. The largest absolute Gasteiger partial charge is 0.486 e. The van der Waals surface area contributed by atoms with Crippen molar-refractivity contribution in [3.8, 4) is 16.9 Å². The number of anilines is 1. The average Bonchev–Trinajstić information content (AvgIpc) is 2.85. The quantitative estimate of drug-likeness (QED) is 0.417. The molecule has 0 amide bonds. The molecule has 0 aliphatic rings. The van der Waals surface area contributed by atoms with Gasteiger partial charge in [-0.25, -0.2) is 9.78 Å². The second kappa shape index (κ2) is 10.4. The standard InChI is InChI=1S/C24H21N3O3.C2H6/c1-15-8-10-17(11-9-15)18-12-26-13-19-20(18)23(25)27-21(24(28)29-2)22(19)30-14-16-6-4-3-5-7-16;1-2/h3-13H,14H2,1-2H3,(H2,25,27);1-2H3. The number of ether oxygens (including phenoxy) is 2. The van der Waals surface area contributed by atoms with E-state index in [1.165, 1.54) is 7.11 Å². The van der Waals surface area contributed by atoms with Crippen LogP contribution in [0.2, 0.25) is 0 Å². The van der Waals surface area contributed by atoms with Crippen LogP contribution < -0.4 is 10.5 Å². The molecule has 0 aliphatic heterocycles. The van der Waals surface area contributed by atoms with Gasteiger partial charge in [0.05, 0.1) is 7.11 Å². The van der Waals surface area contributed by atoms with E-state index in [1.807, 2.05) is 75.4 Å². The molecule has 2 heterocycles. The number of pyridine rings is 2. The third-order valence-electron chi connectivity index (χ3n) is 4.86. The van der Waals surface area contributed by atoms with E-state index in [0.29, 0.717) is 16.5 Å². The van der Waals surface area contributed by atoms with Gasteiger partial charge in [0.2, 0.25) is 0 Å². The Kier molecular flexibility index (Phi) is 7.39. The van der Waals surface area contributed by atoms with E-state index < -0.39 is 5.97 Å². The summed E-state index contributed by atoms with van der Waals surface area (Å²) in [7, 11) is 1.30. The zero-order valence-corrected chi connectivity index (χ0v) is 18.8. The van der Waals surface area contributed by atoms with E-state index in [4.69, 9.17) is 15.2 Å². The van der Waals surface area contributed by atoms with Gasteiger partial charge in [0, 0.05) is 28.7 Å². The van der Waals surface area contributed by atoms with Crippen molar-refractivity contribution in [1.29, 1.82) is 0 Å². The first-order valence-corrected chi connectivity index (χ1v) is 10.5. The predicted octanol–water partition coefficient (Wildman–Crippen LogP) is 5.58. The van der Waals surface area contributed by atoms with Crippen molar-refractivity contribution in [2.24, 2.45) is 0 Å². The lowest BCUT2D eigenvalue weighted by Crippen LogP contribution is -2.11. The highest BCUT2D eigenvalue weighted by atomic mass is 16.5. The minimum Gasteiger partial charge on any atom is -0.486 e. The van der Waals surface area contributed by atoms with Gasteiger partial charge < -0.3 is 15.2 Å². The zero-order valence-electron chi connectivity index (χ0n) is 18.8. The third-order valence-corrected chi connectivity index (χ3v) is 4.86. The van der Waals surface area contributed by atoms with Gasteiger partial charge in [-0.1, -0.05) is 74.0 Å². The van der Waals surface area contributed by atoms with Crippen LogP contribution in [0.15, 0.2) is 67.0 Å². The first-order valence-electron chi connectivity index (χ1n) is 10.5. The first-order chi connectivity index (χ1) is 15.6. The molecule has 2 N–H and O–H groups in total. The van der Waals surface area contributed by atoms with Crippen molar-refractivity contribution in [3.63, 3.8) is 0 Å². The van der Waals surface area contributed by atoms with Crippen LogP contribution in [0.1, 0.15) is 35.5 Å². The molecule has 0 bridgehead atoms. The van der Waals surface area contributed by atoms with Crippen molar-refractivity contribution in [3.05, 3.63) is 83.8 Å². The number of hydrogen-bond acceptors (Lipinski definition) is 6. The summed E-state index contributed by atoms with van der Waals surface area (Å²) in [5.41, 5.74) is 10.2. The number of benzene rings is 2. The lowest BCUT2D eigenvalue weighted by molar-refractivity contribution is 0.0589. The van der Waals surface area contributed by atoms with Crippen LogP contribution in [0.5, 0.6) is 5.75 Å². The number of esters is 1. The van der Waals surface area contributed by atoms with Gasteiger partial charge >= 0.3 is 5.97 Å². The number of methoxy groups -OCH3 is 1. The Morgan fingerprint density at radius 1 is 1.00 bits per heavy atom. The summed E-state index contributed by atoms with van der Waals surface area (Å²) in [5.74, 6) is -0.0980. The highest BCUT2D eigenvalue weighted by Crippen LogP contribution is 2.38. The molecule has 6 heteroatoms. The first kappa shape index (κ1) is 22.7. The maximum Gasteiger partial charge on any atom is 0.360 e. The number of carbonyl (C=O) groups is 1. The van der Waals surface area contributed by atoms with Gasteiger partial charge in [-0.05, 0) is 18.1 Å². The lowest BCUT2D eigenvalue weighted by atomic mass is 9.99. The van der Waals surface area contributed by atoms with E-state index in [2.05, 4.69) is 9.97 Å². The zero-order chi connectivity index (χ0) is 23.1. The monoisotopic (exact) mass is 429 g/mol. The number of aromatic nitrogens is 2. The number of fused-ring (bicyclic) bond motifs is 1. The van der Waals surface area contributed by atoms with E-state index in [-0.39, 0.29) is 18.1 Å². The van der Waals surface area contributed by atoms with Crippen LogP contribution in [0, 0.1) is 6.92 Å². The fourth-order valence-corrected chi connectivity index (χ4v) is 3.33. The predicted molar refractivity (Wildman–Crippen MR) is 128 cm³/mol. The maximum atomic E-state index is 12.4. The molecule has 2 aromatic heterocycles. The normalized spacial score (nSPS) is 10.2. The Hall–Kier alpha value is -3.93. The molecule has 0 fully saturated rings. The van der Waals surface area contributed by atoms with Gasteiger partial charge in [0.25, 0.3) is 0 Å². The fraction of sp³-hybridized carbons (Fsp3) is 0.192. The van der Waals surface area contributed by atoms with Crippen LogP contribution in [-0.2, 0) is 11.3 Å². The number of nitrogens with two attached hydrogens (primary N) is 1. The summed E-state index contributed by atoms with van der Waals surface area (Å²) in [6.07, 6.45) is 3.38. The second-order valence-corrected chi connectivity index (χ2v) is 6.92. The van der Waals surface area contributed by atoms with Crippen molar-refractivity contribution < 1.29 is 14.3 Å². The summed E-state index contributed by atoms with van der Waals surface area (Å²) < 4.78 is 11.0. The minimum absolute atomic E-state index is 0.0290. The van der Waals surface area contributed by atoms with Crippen LogP contribution in [0.3, 0.4) is 0 Å². The molecule has 0 aliphatic carbocycles. The molecule has 0 unspecified atom stereocenters. The Labute approximate surface area is 188 Å². The molecular formula is C26H27N3O3. The van der Waals surface area contributed by atoms with Gasteiger partial charge in [-0.3, -0.25) is 4.98 Å². The maximum absolute atomic E-state index is 12.4. The van der Waals surface area contributed by atoms with E-state index in [0.717, 1.165) is 22.3 Å². The SMILES string of the molecule is CC.COC(=O)c1nc(N)c2c(-c3ccc(C)cc3)cncc2c1OCc1ccccc1. The molecule has 164 valence electrons. The highest BCUT2D eigenvalue weighted by molar-refractivity contribution is 6.09. The van der Waals surface area contributed by atoms with E-state index in [1.54, 1.807) is 12.4 Å².